The number of aromatic nitrogens is 4. The van der Waals surface area contributed by atoms with E-state index in [1.807, 2.05) is 0 Å². The van der Waals surface area contributed by atoms with E-state index in [9.17, 15) is 62.6 Å². The molecule has 11 amide bonds. The van der Waals surface area contributed by atoms with Gasteiger partial charge in [-0.05, 0) is 71.6 Å². The molecule has 0 aliphatic carbocycles. The zero-order valence-corrected chi connectivity index (χ0v) is 58.8. The molecule has 14 N–H and O–H groups in total. The Balaban J connectivity index is 1.04. The van der Waals surface area contributed by atoms with Gasteiger partial charge in [0.15, 0.2) is 4.87 Å². The zero-order chi connectivity index (χ0) is 71.0. The summed E-state index contributed by atoms with van der Waals surface area (Å²) in [6.07, 6.45) is 1.74. The van der Waals surface area contributed by atoms with Crippen molar-refractivity contribution in [2.24, 2.45) is 26.4 Å². The third-order valence-corrected chi connectivity index (χ3v) is 23.1. The fourth-order valence-corrected chi connectivity index (χ4v) is 17.3. The SMILES string of the molecule is C=C1NC(=O)CNC(=O)C(CCCCN)NC(=O)C2(C)NC(=O)C(=CC)NC(=O)C3CSC(=N3)C(CC(N)=O)NC(=O)c3ccc(nc3C(C)NC(=O)C3CCCN3C1=O)-c1nc(cs1)C1=NC(CS1)C(=O)NC(=C)c1nc(cs1)-c1nc(cs1)C1=NC(CS1)C(=O)NC(C(=O)O)CS2. The number of amides is 11. The number of fused-ring (bicyclic) bond motifs is 8. The third-order valence-electron chi connectivity index (χ3n) is 15.8. The standard InChI is InChI=1S/C60H67N19O13S7/c1-6-29-49(87)78-60(5)59(92)77-30(10-7-8-14-61)45(83)63-17-42(81)64-27(4)57(89)79-15-9-11-40(79)50(88)65-25(2)43-28(44(82)69-32(16-41(62)80)53-71-34(19-94-53)47(85)68-29)12-13-31(67-43)52-75-37(22-97-52)54-72-33(18-95-54)46(84)66-26(3)51-74-36(21-93-51)56-76-38(23-98-56)55-73-35(20-96-55)48(86)70-39(24-99-60)58(90)91/h6,12-13,21-23,25,30,32-35,39-40H,3-4,7-11,14-20,24,61H2,1-2,5H3,(H2,62,80)(H,63,83)(H,64,81)(H,65,88)(H,66,84)(H,68,85)(H,69,82)(H,70,86)(H,77,92)(H,78,87)(H,90,91). The number of carboxylic acids is 1. The van der Waals surface area contributed by atoms with Gasteiger partial charge in [-0.25, -0.2) is 24.7 Å². The zero-order valence-electron chi connectivity index (χ0n) is 53.1. The van der Waals surface area contributed by atoms with Crippen molar-refractivity contribution in [1.29, 1.82) is 0 Å². The number of carbonyl (C=O) groups excluding carboxylic acids is 11. The molecule has 9 unspecified atom stereocenters. The van der Waals surface area contributed by atoms with Gasteiger partial charge in [0.05, 0.1) is 58.4 Å². The average Bonchev–Trinajstić information content (AvgIpc) is 1.76. The lowest BCUT2D eigenvalue weighted by atomic mass is 10.0. The van der Waals surface area contributed by atoms with Crippen molar-refractivity contribution in [2.75, 3.05) is 42.6 Å². The molecule has 0 spiro atoms. The fraction of sp³-hybridized carbons (Fsp3) is 0.417. The van der Waals surface area contributed by atoms with Crippen molar-refractivity contribution in [3.05, 3.63) is 86.6 Å². The molecule has 11 heterocycles. The maximum Gasteiger partial charge on any atom is 0.327 e. The molecule has 0 aromatic carbocycles. The molecule has 0 saturated carbocycles. The predicted molar refractivity (Wildman–Crippen MR) is 377 cm³/mol. The Morgan fingerprint density at radius 1 is 0.697 bits per heavy atom. The van der Waals surface area contributed by atoms with Crippen LogP contribution in [0.4, 0.5) is 0 Å². The molecule has 1 fully saturated rings. The molecule has 4 aromatic heterocycles. The normalized spacial score (nSPS) is 26.2. The van der Waals surface area contributed by atoms with Crippen LogP contribution in [0.2, 0.25) is 0 Å². The van der Waals surface area contributed by atoms with E-state index in [1.165, 1.54) is 94.5 Å². The van der Waals surface area contributed by atoms with Crippen LogP contribution in [0.3, 0.4) is 0 Å². The van der Waals surface area contributed by atoms with Crippen LogP contribution in [-0.2, 0) is 52.7 Å². The Bertz CT molecular complexity index is 4130. The molecule has 4 aromatic rings. The summed E-state index contributed by atoms with van der Waals surface area (Å²) < 4.78 is 0. The molecule has 99 heavy (non-hydrogen) atoms. The van der Waals surface area contributed by atoms with Gasteiger partial charge in [-0.15, -0.1) is 81.1 Å². The van der Waals surface area contributed by atoms with Gasteiger partial charge in [0.2, 0.25) is 41.4 Å². The van der Waals surface area contributed by atoms with Gasteiger partial charge in [0.1, 0.15) is 84.1 Å². The molecule has 39 heteroatoms. The maximum absolute atomic E-state index is 14.9. The number of thioether (sulfide) groups is 4. The first kappa shape index (κ1) is 73.0. The van der Waals surface area contributed by atoms with Crippen LogP contribution in [-0.4, -0.2) is 206 Å². The van der Waals surface area contributed by atoms with Crippen LogP contribution in [0.1, 0.15) is 97.8 Å². The maximum atomic E-state index is 14.9. The number of nitrogens with one attached hydrogen (secondary N) is 9. The molecule has 11 rings (SSSR count). The Morgan fingerprint density at radius 3 is 2.01 bits per heavy atom. The van der Waals surface area contributed by atoms with Crippen LogP contribution in [0.15, 0.2) is 73.9 Å². The van der Waals surface area contributed by atoms with E-state index < -0.39 is 154 Å². The average molecular weight is 1490 g/mol. The first-order valence-electron chi connectivity index (χ1n) is 30.8. The molecular formula is C60H67N19O13S7. The highest BCUT2D eigenvalue weighted by Crippen LogP contribution is 2.35. The highest BCUT2D eigenvalue weighted by Gasteiger charge is 2.43. The largest absolute Gasteiger partial charge is 0.480 e. The molecule has 7 aliphatic rings. The minimum atomic E-state index is -2.26. The van der Waals surface area contributed by atoms with Crippen molar-refractivity contribution in [2.45, 2.75) is 113 Å². The number of nitrogens with two attached hydrogens (primary N) is 2. The van der Waals surface area contributed by atoms with E-state index >= 15 is 0 Å². The Hall–Kier alpha value is -8.73. The Labute approximate surface area is 593 Å². The van der Waals surface area contributed by atoms with Crippen LogP contribution in [0.25, 0.3) is 27.1 Å². The van der Waals surface area contributed by atoms with Crippen molar-refractivity contribution in [3.63, 3.8) is 0 Å². The van der Waals surface area contributed by atoms with Crippen LogP contribution in [0, 0.1) is 0 Å². The number of aliphatic carboxylic acids is 1. The molecule has 1 saturated heterocycles. The van der Waals surface area contributed by atoms with Crippen LogP contribution < -0.4 is 59.3 Å². The number of hydrogen-bond donors (Lipinski definition) is 12. The number of thiazole rings is 3. The second-order valence-corrected chi connectivity index (χ2v) is 30.1. The summed E-state index contributed by atoms with van der Waals surface area (Å²) in [6, 6.07) is -6.97. The van der Waals surface area contributed by atoms with Crippen molar-refractivity contribution >= 4 is 173 Å². The molecule has 9 atom stereocenters. The predicted octanol–water partition coefficient (Wildman–Crippen LogP) is 0.494. The molecule has 32 nitrogen and oxygen atoms in total. The van der Waals surface area contributed by atoms with Gasteiger partial charge in [-0.2, -0.15) is 0 Å². The highest BCUT2D eigenvalue weighted by molar-refractivity contribution is 8.15. The highest BCUT2D eigenvalue weighted by atomic mass is 32.2. The van der Waals surface area contributed by atoms with Gasteiger partial charge in [-0.1, -0.05) is 19.2 Å². The summed E-state index contributed by atoms with van der Waals surface area (Å²) >= 11 is 7.69. The van der Waals surface area contributed by atoms with Crippen molar-refractivity contribution in [1.82, 2.24) is 72.7 Å². The monoisotopic (exact) mass is 1490 g/mol. The van der Waals surface area contributed by atoms with Gasteiger partial charge in [-0.3, -0.25) is 67.7 Å². The molecule has 0 radical (unpaired) electrons. The smallest absolute Gasteiger partial charge is 0.327 e. The summed E-state index contributed by atoms with van der Waals surface area (Å²) in [5.41, 5.74) is 12.3. The number of unbranched alkanes of at least 4 members (excludes halogenated alkanes) is 1. The molecule has 16 bridgehead atoms. The number of rotatable bonds is 7. The first-order chi connectivity index (χ1) is 47.3. The summed E-state index contributed by atoms with van der Waals surface area (Å²) in [4.78, 5) is 200. The number of carbonyl (C=O) groups is 12. The van der Waals surface area contributed by atoms with Crippen LogP contribution >= 0.6 is 81.1 Å². The van der Waals surface area contributed by atoms with E-state index in [2.05, 4.69) is 76.0 Å². The number of carboxylic acid groups (broad SMARTS) is 1. The molecular weight excluding hydrogens is 1420 g/mol. The number of aliphatic imine (C=N–C) groups is 3. The summed E-state index contributed by atoms with van der Waals surface area (Å²) in [7, 11) is 0. The van der Waals surface area contributed by atoms with E-state index in [0.29, 0.717) is 66.8 Å². The number of pyridine rings is 1. The topological polar surface area (TPSA) is 477 Å². The Kier molecular flexibility index (Phi) is 23.6. The number of nitrogens with zero attached hydrogens (tertiary/aromatic N) is 8. The van der Waals surface area contributed by atoms with E-state index in [4.69, 9.17) is 31.4 Å². The van der Waals surface area contributed by atoms with Crippen molar-refractivity contribution < 1.29 is 62.6 Å². The lowest BCUT2D eigenvalue weighted by Gasteiger charge is -2.32. The van der Waals surface area contributed by atoms with Gasteiger partial charge in [0.25, 0.3) is 23.6 Å². The minimum Gasteiger partial charge on any atom is -0.480 e. The number of hydrogen-bond acceptors (Lipinski definition) is 27. The van der Waals surface area contributed by atoms with Gasteiger partial charge >= 0.3 is 5.97 Å². The number of primary amides is 1. The first-order valence-corrected chi connectivity index (χ1v) is 37.3. The second-order valence-electron chi connectivity index (χ2n) is 23.1. The summed E-state index contributed by atoms with van der Waals surface area (Å²) in [5, 5.41) is 41.5. The molecule has 7 aliphatic heterocycles. The van der Waals surface area contributed by atoms with E-state index in [1.54, 1.807) is 23.1 Å². The molecule has 522 valence electrons. The van der Waals surface area contributed by atoms with Crippen LogP contribution in [0.5, 0.6) is 0 Å². The summed E-state index contributed by atoms with van der Waals surface area (Å²) in [6.45, 7) is 11.5. The van der Waals surface area contributed by atoms with E-state index in [0.717, 1.165) is 11.8 Å². The lowest BCUT2D eigenvalue weighted by Crippen LogP contribution is -2.60. The van der Waals surface area contributed by atoms with Gasteiger partial charge in [0, 0.05) is 45.7 Å². The number of allylic oxidation sites excluding steroid dienone is 1. The minimum absolute atomic E-state index is 0.00201. The lowest BCUT2D eigenvalue weighted by molar-refractivity contribution is -0.141. The van der Waals surface area contributed by atoms with Crippen molar-refractivity contribution in [3.8, 4) is 21.4 Å². The fourth-order valence-electron chi connectivity index (χ4n) is 10.6. The quantitative estimate of drug-likeness (QED) is 0.0885. The summed E-state index contributed by atoms with van der Waals surface area (Å²) in [5.74, 6) is -11.2. The second kappa shape index (κ2) is 32.1. The Morgan fingerprint density at radius 2 is 1.33 bits per heavy atom. The van der Waals surface area contributed by atoms with Gasteiger partial charge < -0.3 is 69.3 Å². The third kappa shape index (κ3) is 17.5. The van der Waals surface area contributed by atoms with E-state index in [-0.39, 0.29) is 77.3 Å².